The number of nitrogen functional groups attached to an aromatic ring is 1. The van der Waals surface area contributed by atoms with Gasteiger partial charge in [-0.15, -0.1) is 0 Å². The molecule has 1 aromatic heterocycles. The first kappa shape index (κ1) is 18.4. The highest BCUT2D eigenvalue weighted by molar-refractivity contribution is 5.91. The van der Waals surface area contributed by atoms with Crippen molar-refractivity contribution in [2.24, 2.45) is 7.05 Å². The fraction of sp³-hybridized carbons (Fsp3) is 0.353. The van der Waals surface area contributed by atoms with Gasteiger partial charge in [0.15, 0.2) is 11.5 Å². The predicted octanol–water partition coefficient (Wildman–Crippen LogP) is -0.395. The van der Waals surface area contributed by atoms with Crippen molar-refractivity contribution < 1.29 is 14.3 Å². The molecule has 0 unspecified atom stereocenters. The number of nitrogens with zero attached hydrogens (tertiary/aromatic N) is 3. The number of fused-ring (bicyclic) bond motifs is 1. The summed E-state index contributed by atoms with van der Waals surface area (Å²) in [5.74, 6) is 0.631. The lowest BCUT2D eigenvalue weighted by Crippen LogP contribution is -2.44. The molecule has 0 radical (unpaired) electrons. The maximum absolute atomic E-state index is 12.6. The van der Waals surface area contributed by atoms with Gasteiger partial charge >= 0.3 is 5.69 Å². The summed E-state index contributed by atoms with van der Waals surface area (Å²) in [4.78, 5) is 38.9. The number of nitrogens with two attached hydrogens (primary N) is 1. The van der Waals surface area contributed by atoms with Gasteiger partial charge in [-0.25, -0.2) is 9.36 Å². The van der Waals surface area contributed by atoms with Crippen molar-refractivity contribution in [2.45, 2.75) is 6.54 Å². The van der Waals surface area contributed by atoms with Crippen LogP contribution in [0.5, 0.6) is 11.5 Å². The molecule has 0 saturated carbocycles. The van der Waals surface area contributed by atoms with Crippen LogP contribution >= 0.6 is 0 Å². The minimum absolute atomic E-state index is 0.0403. The number of carbonyl (C=O) groups is 1. The molecule has 144 valence electrons. The number of benzene rings is 1. The molecule has 2 aromatic rings. The maximum atomic E-state index is 12.6. The smallest absolute Gasteiger partial charge is 0.332 e. The molecular weight excluding hydrogens is 354 g/mol. The first-order valence-corrected chi connectivity index (χ1v) is 8.25. The standard InChI is InChI=1S/C17H21N5O5/c1-20(2)14-15(18)21(3)17(25)22(16(14)24)9-13(23)19-10-4-5-11-12(8-10)27-7-6-26-11/h4-5,8H,6-7,9,18H2,1-3H3,(H,19,23). The Balaban J connectivity index is 1.86. The zero-order valence-corrected chi connectivity index (χ0v) is 15.3. The summed E-state index contributed by atoms with van der Waals surface area (Å²) in [6, 6.07) is 4.96. The van der Waals surface area contributed by atoms with E-state index in [9.17, 15) is 14.4 Å². The highest BCUT2D eigenvalue weighted by Gasteiger charge is 2.19. The van der Waals surface area contributed by atoms with E-state index >= 15 is 0 Å². The highest BCUT2D eigenvalue weighted by atomic mass is 16.6. The summed E-state index contributed by atoms with van der Waals surface area (Å²) in [6.07, 6.45) is 0. The third-order valence-corrected chi connectivity index (χ3v) is 4.14. The van der Waals surface area contributed by atoms with Crippen molar-refractivity contribution in [3.05, 3.63) is 39.0 Å². The molecule has 1 aromatic carbocycles. The third kappa shape index (κ3) is 3.46. The number of carbonyl (C=O) groups excluding carboxylic acids is 1. The molecule has 0 aliphatic carbocycles. The van der Waals surface area contributed by atoms with Gasteiger partial charge in [-0.2, -0.15) is 0 Å². The molecule has 1 aliphatic rings. The van der Waals surface area contributed by atoms with Crippen LogP contribution in [0.2, 0.25) is 0 Å². The molecule has 0 bridgehead atoms. The van der Waals surface area contributed by atoms with Crippen molar-refractivity contribution in [3.8, 4) is 11.5 Å². The molecular formula is C17H21N5O5. The van der Waals surface area contributed by atoms with Crippen LogP contribution in [0, 0.1) is 0 Å². The second-order valence-electron chi connectivity index (χ2n) is 6.27. The van der Waals surface area contributed by atoms with Crippen molar-refractivity contribution in [2.75, 3.05) is 43.3 Å². The fourth-order valence-electron chi connectivity index (χ4n) is 2.79. The van der Waals surface area contributed by atoms with E-state index in [-0.39, 0.29) is 11.5 Å². The van der Waals surface area contributed by atoms with Crippen LogP contribution in [-0.4, -0.2) is 42.4 Å². The monoisotopic (exact) mass is 375 g/mol. The lowest BCUT2D eigenvalue weighted by molar-refractivity contribution is -0.116. The lowest BCUT2D eigenvalue weighted by atomic mass is 10.2. The maximum Gasteiger partial charge on any atom is 0.332 e. The first-order valence-electron chi connectivity index (χ1n) is 8.25. The second kappa shape index (κ2) is 7.06. The summed E-state index contributed by atoms with van der Waals surface area (Å²) in [5.41, 5.74) is 5.17. The van der Waals surface area contributed by atoms with Crippen LogP contribution < -0.4 is 36.7 Å². The van der Waals surface area contributed by atoms with Crippen molar-refractivity contribution >= 4 is 23.1 Å². The van der Waals surface area contributed by atoms with Gasteiger partial charge in [0.1, 0.15) is 31.3 Å². The number of nitrogens with one attached hydrogen (secondary N) is 1. The van der Waals surface area contributed by atoms with E-state index in [2.05, 4.69) is 5.32 Å². The molecule has 1 amide bonds. The number of amides is 1. The van der Waals surface area contributed by atoms with E-state index in [1.54, 1.807) is 32.3 Å². The Kier molecular flexibility index (Phi) is 4.80. The average Bonchev–Trinajstić information content (AvgIpc) is 2.63. The van der Waals surface area contributed by atoms with Gasteiger partial charge in [-0.05, 0) is 12.1 Å². The zero-order chi connectivity index (χ0) is 19.7. The van der Waals surface area contributed by atoms with Gasteiger partial charge in [0.25, 0.3) is 5.56 Å². The number of aromatic nitrogens is 2. The molecule has 0 spiro atoms. The minimum atomic E-state index is -0.666. The summed E-state index contributed by atoms with van der Waals surface area (Å²) in [7, 11) is 4.72. The number of hydrogen-bond acceptors (Lipinski definition) is 7. The van der Waals surface area contributed by atoms with Crippen molar-refractivity contribution in [1.29, 1.82) is 0 Å². The normalized spacial score (nSPS) is 12.6. The number of hydrogen-bond donors (Lipinski definition) is 2. The summed E-state index contributed by atoms with van der Waals surface area (Å²) >= 11 is 0. The molecule has 3 rings (SSSR count). The molecule has 27 heavy (non-hydrogen) atoms. The van der Waals surface area contributed by atoms with E-state index in [4.69, 9.17) is 15.2 Å². The summed E-state index contributed by atoms with van der Waals surface area (Å²) in [5, 5.41) is 2.65. The van der Waals surface area contributed by atoms with Crippen LogP contribution in [0.3, 0.4) is 0 Å². The Hall–Kier alpha value is -3.43. The molecule has 2 heterocycles. The van der Waals surface area contributed by atoms with E-state index < -0.39 is 23.7 Å². The Morgan fingerprint density at radius 3 is 2.56 bits per heavy atom. The van der Waals surface area contributed by atoms with Gasteiger partial charge < -0.3 is 25.4 Å². The largest absolute Gasteiger partial charge is 0.486 e. The molecule has 10 heteroatoms. The molecule has 10 nitrogen and oxygen atoms in total. The van der Waals surface area contributed by atoms with E-state index in [0.29, 0.717) is 30.4 Å². The summed E-state index contributed by atoms with van der Waals surface area (Å²) < 4.78 is 12.9. The van der Waals surface area contributed by atoms with Crippen molar-refractivity contribution in [1.82, 2.24) is 9.13 Å². The number of ether oxygens (including phenoxy) is 2. The Labute approximate surface area is 154 Å². The molecule has 0 saturated heterocycles. The quantitative estimate of drug-likeness (QED) is 0.746. The highest BCUT2D eigenvalue weighted by Crippen LogP contribution is 2.32. The topological polar surface area (TPSA) is 121 Å². The Bertz CT molecular complexity index is 1010. The van der Waals surface area contributed by atoms with Gasteiger partial charge in [0, 0.05) is 32.9 Å². The Morgan fingerprint density at radius 1 is 1.22 bits per heavy atom. The van der Waals surface area contributed by atoms with Gasteiger partial charge in [0.05, 0.1) is 0 Å². The molecule has 1 aliphatic heterocycles. The van der Waals surface area contributed by atoms with E-state index in [0.717, 1.165) is 9.13 Å². The minimum Gasteiger partial charge on any atom is -0.486 e. The van der Waals surface area contributed by atoms with Crippen LogP contribution in [-0.2, 0) is 18.4 Å². The van der Waals surface area contributed by atoms with Crippen LogP contribution in [0.1, 0.15) is 0 Å². The van der Waals surface area contributed by atoms with Crippen LogP contribution in [0.4, 0.5) is 17.2 Å². The van der Waals surface area contributed by atoms with Gasteiger partial charge in [-0.1, -0.05) is 0 Å². The predicted molar refractivity (Wildman–Crippen MR) is 101 cm³/mol. The molecule has 0 atom stereocenters. The zero-order valence-electron chi connectivity index (χ0n) is 15.3. The third-order valence-electron chi connectivity index (χ3n) is 4.14. The average molecular weight is 375 g/mol. The number of anilines is 3. The lowest BCUT2D eigenvalue weighted by Gasteiger charge is -2.19. The Morgan fingerprint density at radius 2 is 1.89 bits per heavy atom. The number of rotatable bonds is 4. The SMILES string of the molecule is CN(C)c1c(N)n(C)c(=O)n(CC(=O)Nc2ccc3c(c2)OCCO3)c1=O. The van der Waals surface area contributed by atoms with Crippen molar-refractivity contribution in [3.63, 3.8) is 0 Å². The molecule has 3 N–H and O–H groups in total. The van der Waals surface area contributed by atoms with E-state index in [1.165, 1.54) is 11.9 Å². The van der Waals surface area contributed by atoms with Gasteiger partial charge in [0.2, 0.25) is 5.91 Å². The first-order chi connectivity index (χ1) is 12.8. The second-order valence-corrected chi connectivity index (χ2v) is 6.27. The summed E-state index contributed by atoms with van der Waals surface area (Å²) in [6.45, 7) is 0.450. The fourth-order valence-corrected chi connectivity index (χ4v) is 2.79. The van der Waals surface area contributed by atoms with Crippen LogP contribution in [0.25, 0.3) is 0 Å². The molecule has 0 fully saturated rings. The van der Waals surface area contributed by atoms with Crippen LogP contribution in [0.15, 0.2) is 27.8 Å². The van der Waals surface area contributed by atoms with Gasteiger partial charge in [-0.3, -0.25) is 14.2 Å². The van der Waals surface area contributed by atoms with E-state index in [1.807, 2.05) is 0 Å².